The molecule has 132 valence electrons. The summed E-state index contributed by atoms with van der Waals surface area (Å²) in [5.41, 5.74) is 4.39. The molecule has 0 bridgehead atoms. The second kappa shape index (κ2) is 6.36. The molecule has 0 spiro atoms. The van der Waals surface area contributed by atoms with Gasteiger partial charge in [0.1, 0.15) is 11.5 Å². The Bertz CT molecular complexity index is 1200. The van der Waals surface area contributed by atoms with Gasteiger partial charge in [-0.1, -0.05) is 36.4 Å². The highest BCUT2D eigenvalue weighted by atomic mass is 16.1. The van der Waals surface area contributed by atoms with Crippen molar-refractivity contribution in [2.24, 2.45) is 0 Å². The number of nitrogens with zero attached hydrogens (tertiary/aromatic N) is 2. The largest absolute Gasteiger partial charge is 0.339 e. The summed E-state index contributed by atoms with van der Waals surface area (Å²) < 4.78 is 0. The van der Waals surface area contributed by atoms with Crippen molar-refractivity contribution in [2.75, 3.05) is 0 Å². The monoisotopic (exact) mass is 354 g/mol. The molecule has 3 aromatic heterocycles. The first-order valence-corrected chi connectivity index (χ1v) is 9.09. The van der Waals surface area contributed by atoms with Crippen molar-refractivity contribution in [3.05, 3.63) is 82.2 Å². The van der Waals surface area contributed by atoms with Crippen LogP contribution in [0.3, 0.4) is 0 Å². The smallest absolute Gasteiger partial charge is 0.260 e. The molecule has 1 aliphatic rings. The van der Waals surface area contributed by atoms with Gasteiger partial charge in [0.15, 0.2) is 0 Å². The maximum atomic E-state index is 12.4. The molecule has 4 aromatic rings. The van der Waals surface area contributed by atoms with Crippen molar-refractivity contribution in [2.45, 2.75) is 18.8 Å². The molecule has 1 saturated carbocycles. The van der Waals surface area contributed by atoms with Gasteiger partial charge in [0.2, 0.25) is 0 Å². The first-order chi connectivity index (χ1) is 13.3. The zero-order chi connectivity index (χ0) is 18.2. The lowest BCUT2D eigenvalue weighted by Gasteiger charge is -1.99. The number of nitrogens with one attached hydrogen (secondary N) is 2. The Hall–Kier alpha value is -3.47. The first-order valence-electron chi connectivity index (χ1n) is 9.09. The lowest BCUT2D eigenvalue weighted by Crippen LogP contribution is -2.10. The minimum atomic E-state index is -0.0809. The summed E-state index contributed by atoms with van der Waals surface area (Å²) >= 11 is 0. The number of pyridine rings is 1. The third-order valence-electron chi connectivity index (χ3n) is 4.82. The summed E-state index contributed by atoms with van der Waals surface area (Å²) in [7, 11) is 0. The van der Waals surface area contributed by atoms with Crippen LogP contribution >= 0.6 is 0 Å². The topological polar surface area (TPSA) is 74.4 Å². The molecule has 0 saturated heterocycles. The maximum Gasteiger partial charge on any atom is 0.260 e. The minimum absolute atomic E-state index is 0.0809. The quantitative estimate of drug-likeness (QED) is 0.572. The van der Waals surface area contributed by atoms with Crippen LogP contribution in [0.2, 0.25) is 0 Å². The van der Waals surface area contributed by atoms with Crippen molar-refractivity contribution in [1.82, 2.24) is 19.9 Å². The Balaban J connectivity index is 1.50. The predicted octanol–water partition coefficient (Wildman–Crippen LogP) is 4.36. The zero-order valence-corrected chi connectivity index (χ0v) is 14.6. The van der Waals surface area contributed by atoms with Crippen LogP contribution in [0.25, 0.3) is 34.4 Å². The highest BCUT2D eigenvalue weighted by molar-refractivity contribution is 5.83. The molecule has 1 aromatic carbocycles. The van der Waals surface area contributed by atoms with E-state index in [4.69, 9.17) is 0 Å². The van der Waals surface area contributed by atoms with Gasteiger partial charge in [-0.05, 0) is 42.7 Å². The van der Waals surface area contributed by atoms with E-state index >= 15 is 0 Å². The molecular weight excluding hydrogens is 336 g/mol. The first kappa shape index (κ1) is 15.8. The molecule has 1 fully saturated rings. The lowest BCUT2D eigenvalue weighted by atomic mass is 10.1. The van der Waals surface area contributed by atoms with Crippen LogP contribution in [0.4, 0.5) is 0 Å². The van der Waals surface area contributed by atoms with Crippen LogP contribution in [-0.2, 0) is 0 Å². The van der Waals surface area contributed by atoms with Gasteiger partial charge >= 0.3 is 0 Å². The molecule has 0 amide bonds. The van der Waals surface area contributed by atoms with Gasteiger partial charge in [-0.25, -0.2) is 4.98 Å². The standard InChI is InChI=1S/C22H18N4O/c27-22-18-13-19(24-21(18)25-20(26-22)15-7-8-15)16-10-11-23-17(12-16)9-6-14-4-2-1-3-5-14/h1-6,9-13,15H,7-8H2,(H2,24,25,26,27)/b9-6+. The summed E-state index contributed by atoms with van der Waals surface area (Å²) in [5, 5.41) is 0.590. The van der Waals surface area contributed by atoms with Gasteiger partial charge in [0.05, 0.1) is 11.1 Å². The average molecular weight is 354 g/mol. The van der Waals surface area contributed by atoms with E-state index in [1.165, 1.54) is 0 Å². The number of H-pyrrole nitrogens is 2. The van der Waals surface area contributed by atoms with Gasteiger partial charge in [-0.15, -0.1) is 0 Å². The molecule has 1 aliphatic carbocycles. The van der Waals surface area contributed by atoms with Crippen LogP contribution in [0, 0.1) is 0 Å². The zero-order valence-electron chi connectivity index (χ0n) is 14.6. The summed E-state index contributed by atoms with van der Waals surface area (Å²) in [6, 6.07) is 15.9. The maximum absolute atomic E-state index is 12.4. The summed E-state index contributed by atoms with van der Waals surface area (Å²) in [5.74, 6) is 1.20. The van der Waals surface area contributed by atoms with Gasteiger partial charge in [-0.3, -0.25) is 9.78 Å². The van der Waals surface area contributed by atoms with E-state index in [0.717, 1.165) is 41.2 Å². The van der Waals surface area contributed by atoms with Crippen LogP contribution in [-0.4, -0.2) is 19.9 Å². The van der Waals surface area contributed by atoms with Gasteiger partial charge < -0.3 is 9.97 Å². The molecule has 5 rings (SSSR count). The van der Waals surface area contributed by atoms with Crippen LogP contribution in [0.5, 0.6) is 0 Å². The Kier molecular flexibility index (Phi) is 3.71. The fraction of sp³-hybridized carbons (Fsp3) is 0.136. The fourth-order valence-electron chi connectivity index (χ4n) is 3.20. The summed E-state index contributed by atoms with van der Waals surface area (Å²) in [6.45, 7) is 0. The van der Waals surface area contributed by atoms with E-state index in [9.17, 15) is 4.79 Å². The highest BCUT2D eigenvalue weighted by Crippen LogP contribution is 2.37. The van der Waals surface area contributed by atoms with Gasteiger partial charge in [0.25, 0.3) is 5.56 Å². The lowest BCUT2D eigenvalue weighted by molar-refractivity contribution is 0.927. The van der Waals surface area contributed by atoms with E-state index in [2.05, 4.69) is 19.9 Å². The van der Waals surface area contributed by atoms with Crippen molar-refractivity contribution >= 4 is 23.2 Å². The van der Waals surface area contributed by atoms with Gasteiger partial charge in [-0.2, -0.15) is 0 Å². The SMILES string of the molecule is O=c1[nH]c(C2CC2)nc2[nH]c(-c3ccnc(/C=C/c4ccccc4)c3)cc12. The molecule has 5 heteroatoms. The van der Waals surface area contributed by atoms with E-state index in [0.29, 0.717) is 17.0 Å². The molecule has 0 radical (unpaired) electrons. The van der Waals surface area contributed by atoms with Crippen molar-refractivity contribution in [3.8, 4) is 11.3 Å². The third-order valence-corrected chi connectivity index (χ3v) is 4.82. The van der Waals surface area contributed by atoms with Gasteiger partial charge in [0, 0.05) is 23.4 Å². The molecular formula is C22H18N4O. The Morgan fingerprint density at radius 1 is 1.00 bits per heavy atom. The van der Waals surface area contributed by atoms with E-state index in [1.54, 1.807) is 6.20 Å². The Morgan fingerprint density at radius 3 is 2.67 bits per heavy atom. The number of aromatic amines is 2. The molecule has 2 N–H and O–H groups in total. The van der Waals surface area contributed by atoms with E-state index in [-0.39, 0.29) is 5.56 Å². The molecule has 0 atom stereocenters. The summed E-state index contributed by atoms with van der Waals surface area (Å²) in [6.07, 6.45) is 8.00. The predicted molar refractivity (Wildman–Crippen MR) is 107 cm³/mol. The Morgan fingerprint density at radius 2 is 1.85 bits per heavy atom. The van der Waals surface area contributed by atoms with Crippen LogP contribution in [0.15, 0.2) is 59.5 Å². The average Bonchev–Trinajstić information content (AvgIpc) is 3.46. The normalized spacial score (nSPS) is 14.2. The molecule has 3 heterocycles. The van der Waals surface area contributed by atoms with E-state index < -0.39 is 0 Å². The fourth-order valence-corrected chi connectivity index (χ4v) is 3.20. The molecule has 0 unspecified atom stereocenters. The number of fused-ring (bicyclic) bond motifs is 1. The Labute approximate surface area is 155 Å². The second-order valence-corrected chi connectivity index (χ2v) is 6.88. The highest BCUT2D eigenvalue weighted by Gasteiger charge is 2.26. The van der Waals surface area contributed by atoms with Crippen molar-refractivity contribution in [1.29, 1.82) is 0 Å². The van der Waals surface area contributed by atoms with Crippen LogP contribution < -0.4 is 5.56 Å². The molecule has 5 nitrogen and oxygen atoms in total. The number of rotatable bonds is 4. The third kappa shape index (κ3) is 3.19. The summed E-state index contributed by atoms with van der Waals surface area (Å²) in [4.78, 5) is 27.6. The molecule has 27 heavy (non-hydrogen) atoms. The number of benzene rings is 1. The number of hydrogen-bond donors (Lipinski definition) is 2. The van der Waals surface area contributed by atoms with Crippen molar-refractivity contribution in [3.63, 3.8) is 0 Å². The molecule has 0 aliphatic heterocycles. The van der Waals surface area contributed by atoms with Crippen LogP contribution in [0.1, 0.15) is 35.8 Å². The van der Waals surface area contributed by atoms with E-state index in [1.807, 2.05) is 60.7 Å². The number of hydrogen-bond acceptors (Lipinski definition) is 3. The second-order valence-electron chi connectivity index (χ2n) is 6.88. The minimum Gasteiger partial charge on any atom is -0.339 e. The van der Waals surface area contributed by atoms with Crippen molar-refractivity contribution < 1.29 is 0 Å². The number of aromatic nitrogens is 4.